The molecule has 0 atom stereocenters. The minimum Gasteiger partial charge on any atom is -0.326 e. The molecule has 2 aromatic rings. The van der Waals surface area contributed by atoms with Gasteiger partial charge in [0.05, 0.1) is 5.02 Å². The molecule has 0 radical (unpaired) electrons. The lowest BCUT2D eigenvalue weighted by molar-refractivity contribution is -0.116. The van der Waals surface area contributed by atoms with Crippen molar-refractivity contribution in [3.63, 3.8) is 0 Å². The van der Waals surface area contributed by atoms with Crippen LogP contribution < -0.4 is 10.6 Å². The van der Waals surface area contributed by atoms with Gasteiger partial charge in [-0.2, -0.15) is 0 Å². The van der Waals surface area contributed by atoms with Crippen LogP contribution in [0.5, 0.6) is 0 Å². The maximum Gasteiger partial charge on any atom is 0.224 e. The van der Waals surface area contributed by atoms with E-state index in [1.807, 2.05) is 31.5 Å². The summed E-state index contributed by atoms with van der Waals surface area (Å²) >= 11 is 9.42. The highest BCUT2D eigenvalue weighted by Gasteiger charge is 2.08. The molecule has 1 amide bonds. The van der Waals surface area contributed by atoms with E-state index in [1.165, 1.54) is 11.8 Å². The average Bonchev–Trinajstić information content (AvgIpc) is 2.87. The topological polar surface area (TPSA) is 54.0 Å². The first-order chi connectivity index (χ1) is 10.6. The summed E-state index contributed by atoms with van der Waals surface area (Å²) in [5, 5.41) is 8.51. The second-order valence-electron chi connectivity index (χ2n) is 4.76. The molecule has 1 heterocycles. The molecular formula is C15H18ClN3OS2. The van der Waals surface area contributed by atoms with Gasteiger partial charge in [0.15, 0.2) is 4.34 Å². The highest BCUT2D eigenvalue weighted by molar-refractivity contribution is 8.01. The van der Waals surface area contributed by atoms with Gasteiger partial charge in [-0.1, -0.05) is 23.4 Å². The Labute approximate surface area is 143 Å². The number of aryl methyl sites for hydroxylation is 1. The number of halogens is 1. The quantitative estimate of drug-likeness (QED) is 0.731. The maximum atomic E-state index is 11.8. The van der Waals surface area contributed by atoms with Crippen LogP contribution >= 0.6 is 34.7 Å². The van der Waals surface area contributed by atoms with E-state index in [0.717, 1.165) is 33.6 Å². The molecule has 0 aliphatic carbocycles. The van der Waals surface area contributed by atoms with Crippen LogP contribution in [-0.4, -0.2) is 24.5 Å². The number of benzene rings is 1. The van der Waals surface area contributed by atoms with Crippen molar-refractivity contribution >= 4 is 46.3 Å². The predicted octanol–water partition coefficient (Wildman–Crippen LogP) is 4.19. The second kappa shape index (κ2) is 8.53. The molecule has 0 spiro atoms. The summed E-state index contributed by atoms with van der Waals surface area (Å²) in [6.45, 7) is 2.80. The summed E-state index contributed by atoms with van der Waals surface area (Å²) in [4.78, 5) is 17.1. The van der Waals surface area contributed by atoms with E-state index >= 15 is 0 Å². The number of carbonyl (C=O) groups excluding carboxylic acids is 1. The van der Waals surface area contributed by atoms with Crippen molar-refractivity contribution in [2.45, 2.75) is 29.0 Å². The molecule has 7 heteroatoms. The monoisotopic (exact) mass is 355 g/mol. The predicted molar refractivity (Wildman–Crippen MR) is 94.2 cm³/mol. The zero-order valence-corrected chi connectivity index (χ0v) is 14.9. The van der Waals surface area contributed by atoms with E-state index in [4.69, 9.17) is 11.6 Å². The summed E-state index contributed by atoms with van der Waals surface area (Å²) in [5.41, 5.74) is 1.73. The highest BCUT2D eigenvalue weighted by atomic mass is 35.5. The largest absolute Gasteiger partial charge is 0.326 e. The Hall–Kier alpha value is -1.08. The fourth-order valence-corrected chi connectivity index (χ4v) is 3.88. The molecule has 2 rings (SSSR count). The summed E-state index contributed by atoms with van der Waals surface area (Å²) in [6.07, 6.45) is 1.31. The van der Waals surface area contributed by atoms with Gasteiger partial charge in [0.25, 0.3) is 0 Å². The van der Waals surface area contributed by atoms with Crippen LogP contribution in [0, 0.1) is 6.92 Å². The van der Waals surface area contributed by atoms with Gasteiger partial charge in [-0.15, -0.1) is 11.3 Å². The molecule has 22 heavy (non-hydrogen) atoms. The normalized spacial score (nSPS) is 10.7. The Kier molecular flexibility index (Phi) is 6.70. The number of hydrogen-bond donors (Lipinski definition) is 2. The van der Waals surface area contributed by atoms with Crippen molar-refractivity contribution in [1.29, 1.82) is 0 Å². The summed E-state index contributed by atoms with van der Waals surface area (Å²) in [6, 6.07) is 5.55. The van der Waals surface area contributed by atoms with E-state index in [2.05, 4.69) is 15.6 Å². The zero-order chi connectivity index (χ0) is 15.9. The SMILES string of the molecule is CNCCCC(=O)Nc1ccc(Sc2nc(C)cs2)c(Cl)c1. The van der Waals surface area contributed by atoms with Gasteiger partial charge in [0.1, 0.15) is 0 Å². The fraction of sp³-hybridized carbons (Fsp3) is 0.333. The molecule has 0 saturated heterocycles. The second-order valence-corrected chi connectivity index (χ2v) is 7.31. The molecule has 0 aliphatic rings. The van der Waals surface area contributed by atoms with Gasteiger partial charge in [-0.25, -0.2) is 4.98 Å². The number of aromatic nitrogens is 1. The Balaban J connectivity index is 1.95. The molecule has 4 nitrogen and oxygen atoms in total. The summed E-state index contributed by atoms with van der Waals surface area (Å²) < 4.78 is 0.961. The fourth-order valence-electron chi connectivity index (χ4n) is 1.78. The zero-order valence-electron chi connectivity index (χ0n) is 12.5. The number of amides is 1. The van der Waals surface area contributed by atoms with Gasteiger partial charge < -0.3 is 10.6 Å². The smallest absolute Gasteiger partial charge is 0.224 e. The third-order valence-electron chi connectivity index (χ3n) is 2.84. The molecule has 0 unspecified atom stereocenters. The lowest BCUT2D eigenvalue weighted by Crippen LogP contribution is -2.15. The Morgan fingerprint density at radius 2 is 2.27 bits per heavy atom. The maximum absolute atomic E-state index is 11.8. The third-order valence-corrected chi connectivity index (χ3v) is 5.40. The molecule has 1 aromatic carbocycles. The van der Waals surface area contributed by atoms with Gasteiger partial charge in [0, 0.05) is 28.1 Å². The molecule has 0 bridgehead atoms. The van der Waals surface area contributed by atoms with E-state index < -0.39 is 0 Å². The average molecular weight is 356 g/mol. The van der Waals surface area contributed by atoms with Crippen LogP contribution in [0.3, 0.4) is 0 Å². The van der Waals surface area contributed by atoms with E-state index in [0.29, 0.717) is 11.4 Å². The molecule has 118 valence electrons. The van der Waals surface area contributed by atoms with Gasteiger partial charge >= 0.3 is 0 Å². The molecule has 2 N–H and O–H groups in total. The number of anilines is 1. The molecule has 0 saturated carbocycles. The molecular weight excluding hydrogens is 338 g/mol. The highest BCUT2D eigenvalue weighted by Crippen LogP contribution is 2.36. The number of carbonyl (C=O) groups is 1. The van der Waals surface area contributed by atoms with Crippen molar-refractivity contribution in [3.8, 4) is 0 Å². The van der Waals surface area contributed by atoms with Crippen LogP contribution in [0.2, 0.25) is 5.02 Å². The van der Waals surface area contributed by atoms with Crippen molar-refractivity contribution < 1.29 is 4.79 Å². The lowest BCUT2D eigenvalue weighted by atomic mass is 10.2. The first-order valence-electron chi connectivity index (χ1n) is 6.92. The minimum absolute atomic E-state index is 0.00210. The first-order valence-corrected chi connectivity index (χ1v) is 9.00. The number of rotatable bonds is 7. The van der Waals surface area contributed by atoms with Crippen molar-refractivity contribution in [1.82, 2.24) is 10.3 Å². The Morgan fingerprint density at radius 3 is 2.91 bits per heavy atom. The number of hydrogen-bond acceptors (Lipinski definition) is 5. The van der Waals surface area contributed by atoms with Crippen LogP contribution in [0.25, 0.3) is 0 Å². The van der Waals surface area contributed by atoms with Crippen LogP contribution in [0.15, 0.2) is 32.8 Å². The number of nitrogens with one attached hydrogen (secondary N) is 2. The van der Waals surface area contributed by atoms with E-state index in [9.17, 15) is 4.79 Å². The number of nitrogens with zero attached hydrogens (tertiary/aromatic N) is 1. The molecule has 0 fully saturated rings. The molecule has 1 aromatic heterocycles. The summed E-state index contributed by atoms with van der Waals surface area (Å²) in [7, 11) is 1.87. The Bertz CT molecular complexity index is 645. The minimum atomic E-state index is 0.00210. The van der Waals surface area contributed by atoms with E-state index in [1.54, 1.807) is 17.4 Å². The van der Waals surface area contributed by atoms with Crippen LogP contribution in [0.1, 0.15) is 18.5 Å². The lowest BCUT2D eigenvalue weighted by Gasteiger charge is -2.08. The van der Waals surface area contributed by atoms with Crippen LogP contribution in [-0.2, 0) is 4.79 Å². The van der Waals surface area contributed by atoms with Crippen LogP contribution in [0.4, 0.5) is 5.69 Å². The molecule has 0 aliphatic heterocycles. The van der Waals surface area contributed by atoms with Gasteiger partial charge in [-0.05, 0) is 45.1 Å². The van der Waals surface area contributed by atoms with Crippen molar-refractivity contribution in [2.75, 3.05) is 18.9 Å². The van der Waals surface area contributed by atoms with Crippen molar-refractivity contribution in [3.05, 3.63) is 34.3 Å². The third kappa shape index (κ3) is 5.28. The van der Waals surface area contributed by atoms with E-state index in [-0.39, 0.29) is 5.91 Å². The number of thiazole rings is 1. The first kappa shape index (κ1) is 17.3. The standard InChI is InChI=1S/C15H18ClN3OS2/c1-10-9-21-15(18-10)22-13-6-5-11(8-12(13)16)19-14(20)4-3-7-17-2/h5-6,8-9,17H,3-4,7H2,1-2H3,(H,19,20). The van der Waals surface area contributed by atoms with Gasteiger partial charge in [-0.3, -0.25) is 4.79 Å². The summed E-state index contributed by atoms with van der Waals surface area (Å²) in [5.74, 6) is 0.00210. The Morgan fingerprint density at radius 1 is 1.45 bits per heavy atom. The van der Waals surface area contributed by atoms with Crippen molar-refractivity contribution in [2.24, 2.45) is 0 Å². The van der Waals surface area contributed by atoms with Gasteiger partial charge in [0.2, 0.25) is 5.91 Å².